The molecule has 8 amide bonds. The molecule has 0 saturated carbocycles. The van der Waals surface area contributed by atoms with E-state index in [1.165, 1.54) is 0 Å². The Labute approximate surface area is 614 Å². The van der Waals surface area contributed by atoms with Gasteiger partial charge in [-0.05, 0) is 133 Å². The van der Waals surface area contributed by atoms with Gasteiger partial charge in [-0.2, -0.15) is 0 Å². The number of likely N-dealkylation sites (tertiary alicyclic amines) is 2. The number of methoxy groups -OCH3 is 4. The third kappa shape index (κ3) is 25.4. The van der Waals surface area contributed by atoms with Gasteiger partial charge >= 0.3 is 0 Å². The average molecular weight is 1430 g/mol. The number of carbonyl (C=O) groups is 8. The summed E-state index contributed by atoms with van der Waals surface area (Å²) in [6.45, 7) is 29.7. The van der Waals surface area contributed by atoms with E-state index in [1.807, 2.05) is 173 Å². The SMILES string of the molecule is CCC(C)C(C(CC(=O)N1CCCC1C(OC)[C@@H](C)C(=O)N[C@H](C)Cc1ccccc1)OC)N(C)C(=O)CNC(=O)C(C(C)C)N(C)CCCCCN(C)C(C(=O)NC(C(=O)N(C)C(C(C)CC)C(CC(=O)N1CCCC1C(OC)[C@@H](C)C(=O)N[C@H](C)Cc1ccccc1)OC)C(C)C)C(C)C. The molecular formula is C80H136N10O12. The van der Waals surface area contributed by atoms with Crippen LogP contribution in [0, 0.1) is 41.4 Å². The van der Waals surface area contributed by atoms with Gasteiger partial charge in [0.15, 0.2) is 0 Å². The summed E-state index contributed by atoms with van der Waals surface area (Å²) >= 11 is 0. The lowest BCUT2D eigenvalue weighted by Gasteiger charge is -2.41. The summed E-state index contributed by atoms with van der Waals surface area (Å²) in [6, 6.07) is 16.3. The number of hydrogen-bond donors (Lipinski definition) is 4. The zero-order valence-electron chi connectivity index (χ0n) is 66.6. The number of likely N-dealkylation sites (N-methyl/N-ethyl adjacent to an activating group) is 4. The molecule has 17 atom stereocenters. The van der Waals surface area contributed by atoms with Crippen molar-refractivity contribution in [2.75, 3.05) is 89.4 Å². The van der Waals surface area contributed by atoms with Crippen LogP contribution >= 0.6 is 0 Å². The van der Waals surface area contributed by atoms with Crippen molar-refractivity contribution in [3.05, 3.63) is 71.8 Å². The van der Waals surface area contributed by atoms with E-state index in [-0.39, 0.29) is 120 Å². The molecule has 0 aliphatic carbocycles. The molecule has 2 aliphatic heterocycles. The lowest BCUT2D eigenvalue weighted by atomic mass is 9.89. The quantitative estimate of drug-likeness (QED) is 0.0454. The molecule has 2 heterocycles. The Balaban J connectivity index is 1.32. The number of nitrogens with one attached hydrogen (secondary N) is 4. The van der Waals surface area contributed by atoms with Gasteiger partial charge in [0.25, 0.3) is 0 Å². The van der Waals surface area contributed by atoms with Crippen molar-refractivity contribution >= 4 is 47.3 Å². The maximum absolute atomic E-state index is 14.9. The first-order chi connectivity index (χ1) is 48.3. The minimum atomic E-state index is -0.860. The minimum Gasteiger partial charge on any atom is -0.379 e. The van der Waals surface area contributed by atoms with Crippen molar-refractivity contribution in [3.8, 4) is 0 Å². The standard InChI is InChI=1S/C80H136N10O12/c1-23-54(9)72(64(99-19)48-66(91)89-44-34-40-62(89)74(101-21)58(13)76(94)82-56(11)46-60-36-28-25-29-37-60)87(17)68(93)50-81-78(96)70(52(5)6)85(15)42-32-27-33-43-86(16)71(53(7)8)79(97)84-69(51(3)4)80(98)88(18)73(55(10)24-2)65(100-20)49-67(92)90-45-35-41-63(90)75(102-22)59(14)77(95)83-57(12)47-61-38-30-26-31-39-61/h25-26,28-31,36-39,51-59,62-65,69-75H,23-24,27,32-35,40-50H2,1-22H3,(H,81,96)(H,82,94)(H,83,95)(H,84,97)/t54?,55?,56-,57-,58-,59-,62?,63?,64?,65?,69?,70?,71?,72?,73?,74?,75?/m1/s1. The number of unbranched alkanes of at least 4 members (excludes halogenated alkanes) is 2. The summed E-state index contributed by atoms with van der Waals surface area (Å²) in [5.74, 6) is -3.20. The van der Waals surface area contributed by atoms with Gasteiger partial charge < -0.3 is 59.8 Å². The Morgan fingerprint density at radius 2 is 0.882 bits per heavy atom. The summed E-state index contributed by atoms with van der Waals surface area (Å²) < 4.78 is 24.3. The second-order valence-electron chi connectivity index (χ2n) is 30.8. The third-order valence-electron chi connectivity index (χ3n) is 22.0. The van der Waals surface area contributed by atoms with Crippen molar-refractivity contribution in [1.82, 2.24) is 50.7 Å². The van der Waals surface area contributed by atoms with Gasteiger partial charge in [0.05, 0.1) is 91.9 Å². The number of benzene rings is 2. The first kappa shape index (κ1) is 88.4. The van der Waals surface area contributed by atoms with E-state index in [9.17, 15) is 38.4 Å². The minimum absolute atomic E-state index is 0.0110. The van der Waals surface area contributed by atoms with E-state index in [1.54, 1.807) is 52.3 Å². The highest BCUT2D eigenvalue weighted by atomic mass is 16.5. The maximum Gasteiger partial charge on any atom is 0.245 e. The first-order valence-electron chi connectivity index (χ1n) is 38.2. The van der Waals surface area contributed by atoms with E-state index in [0.29, 0.717) is 64.7 Å². The summed E-state index contributed by atoms with van der Waals surface area (Å²) in [7, 11) is 13.7. The Bertz CT molecular complexity index is 2870. The van der Waals surface area contributed by atoms with Gasteiger partial charge in [0.1, 0.15) is 6.04 Å². The second kappa shape index (κ2) is 44.0. The zero-order valence-corrected chi connectivity index (χ0v) is 66.6. The molecule has 578 valence electrons. The molecule has 2 fully saturated rings. The normalized spacial score (nSPS) is 19.4. The molecule has 4 N–H and O–H groups in total. The first-order valence-corrected chi connectivity index (χ1v) is 38.2. The highest BCUT2D eigenvalue weighted by Crippen LogP contribution is 2.32. The summed E-state index contributed by atoms with van der Waals surface area (Å²) in [6.07, 6.45) is 5.72. The lowest BCUT2D eigenvalue weighted by Crippen LogP contribution is -2.60. The molecule has 2 aromatic carbocycles. The van der Waals surface area contributed by atoms with Gasteiger partial charge in [-0.15, -0.1) is 0 Å². The molecule has 22 nitrogen and oxygen atoms in total. The molecule has 2 saturated heterocycles. The fourth-order valence-electron chi connectivity index (χ4n) is 16.0. The van der Waals surface area contributed by atoms with Crippen LogP contribution in [0.15, 0.2) is 60.7 Å². The van der Waals surface area contributed by atoms with Crippen LogP contribution in [-0.4, -0.2) is 245 Å². The predicted molar refractivity (Wildman–Crippen MR) is 404 cm³/mol. The fraction of sp³-hybridized carbons (Fsp3) is 0.750. The van der Waals surface area contributed by atoms with Crippen molar-refractivity contribution in [2.24, 2.45) is 41.4 Å². The van der Waals surface area contributed by atoms with Gasteiger partial charge in [0, 0.05) is 67.7 Å². The number of hydrogen-bond acceptors (Lipinski definition) is 14. The molecule has 13 unspecified atom stereocenters. The summed E-state index contributed by atoms with van der Waals surface area (Å²) in [5.41, 5.74) is 2.26. The van der Waals surface area contributed by atoms with Crippen LogP contribution < -0.4 is 21.3 Å². The van der Waals surface area contributed by atoms with Crippen molar-refractivity contribution in [3.63, 3.8) is 0 Å². The largest absolute Gasteiger partial charge is 0.379 e. The summed E-state index contributed by atoms with van der Waals surface area (Å²) in [5, 5.41) is 12.5. The Kier molecular flexibility index (Phi) is 38.2. The van der Waals surface area contributed by atoms with Crippen molar-refractivity contribution in [1.29, 1.82) is 0 Å². The molecule has 2 aliphatic rings. The van der Waals surface area contributed by atoms with Crippen LogP contribution in [0.4, 0.5) is 0 Å². The topological polar surface area (TPSA) is 241 Å². The average Bonchev–Trinajstić information content (AvgIpc) is 1.51. The maximum atomic E-state index is 14.9. The number of ether oxygens (including phenoxy) is 4. The van der Waals surface area contributed by atoms with Crippen LogP contribution in [0.5, 0.6) is 0 Å². The van der Waals surface area contributed by atoms with E-state index < -0.39 is 66.5 Å². The number of nitrogens with zero attached hydrogens (tertiary/aromatic N) is 6. The third-order valence-corrected chi connectivity index (χ3v) is 22.0. The second-order valence-corrected chi connectivity index (χ2v) is 30.8. The molecule has 0 spiro atoms. The molecule has 0 bridgehead atoms. The van der Waals surface area contributed by atoms with E-state index in [2.05, 4.69) is 40.0 Å². The number of amides is 8. The molecule has 0 radical (unpaired) electrons. The van der Waals surface area contributed by atoms with Crippen molar-refractivity contribution in [2.45, 2.75) is 259 Å². The van der Waals surface area contributed by atoms with Crippen LogP contribution in [0.25, 0.3) is 0 Å². The summed E-state index contributed by atoms with van der Waals surface area (Å²) in [4.78, 5) is 125. The molecule has 0 aromatic heterocycles. The van der Waals surface area contributed by atoms with Crippen LogP contribution in [-0.2, 0) is 70.1 Å². The van der Waals surface area contributed by atoms with Crippen LogP contribution in [0.2, 0.25) is 0 Å². The van der Waals surface area contributed by atoms with Crippen molar-refractivity contribution < 1.29 is 57.3 Å². The predicted octanol–water partition coefficient (Wildman–Crippen LogP) is 8.66. The fourth-order valence-corrected chi connectivity index (χ4v) is 16.0. The van der Waals surface area contributed by atoms with E-state index >= 15 is 0 Å². The Morgan fingerprint density at radius 3 is 1.25 bits per heavy atom. The molecule has 22 heteroatoms. The number of rotatable bonds is 45. The highest BCUT2D eigenvalue weighted by Gasteiger charge is 2.46. The van der Waals surface area contributed by atoms with Crippen LogP contribution in [0.1, 0.15) is 179 Å². The zero-order chi connectivity index (χ0) is 76.2. The molecule has 4 rings (SSSR count). The monoisotopic (exact) mass is 1430 g/mol. The van der Waals surface area contributed by atoms with Gasteiger partial charge in [0.2, 0.25) is 47.3 Å². The van der Waals surface area contributed by atoms with E-state index in [4.69, 9.17) is 18.9 Å². The Hall–Kier alpha value is -6.04. The van der Waals surface area contributed by atoms with E-state index in [0.717, 1.165) is 43.2 Å². The highest BCUT2D eigenvalue weighted by molar-refractivity contribution is 5.91. The molecule has 2 aromatic rings. The molecular weight excluding hydrogens is 1290 g/mol. The lowest BCUT2D eigenvalue weighted by molar-refractivity contribution is -0.148. The van der Waals surface area contributed by atoms with Gasteiger partial charge in [-0.1, -0.05) is 163 Å². The molecule has 102 heavy (non-hydrogen) atoms. The van der Waals surface area contributed by atoms with Crippen LogP contribution in [0.3, 0.4) is 0 Å². The van der Waals surface area contributed by atoms with Gasteiger partial charge in [-0.3, -0.25) is 48.2 Å². The Morgan fingerprint density at radius 1 is 0.490 bits per heavy atom. The van der Waals surface area contributed by atoms with Gasteiger partial charge in [-0.25, -0.2) is 0 Å². The smallest absolute Gasteiger partial charge is 0.245 e. The number of carbonyl (C=O) groups excluding carboxylic acids is 8.